The van der Waals surface area contributed by atoms with Crippen LogP contribution >= 0.6 is 11.3 Å². The second-order valence-electron chi connectivity index (χ2n) is 6.38. The molecule has 1 aliphatic rings. The van der Waals surface area contributed by atoms with Gasteiger partial charge in [-0.3, -0.25) is 0 Å². The van der Waals surface area contributed by atoms with Gasteiger partial charge in [-0.1, -0.05) is 24.3 Å². The van der Waals surface area contributed by atoms with Gasteiger partial charge in [-0.2, -0.15) is 0 Å². The fourth-order valence-corrected chi connectivity index (χ4v) is 4.87. The number of hydrogen-bond acceptors (Lipinski definition) is 2. The van der Waals surface area contributed by atoms with Crippen LogP contribution in [0.3, 0.4) is 0 Å². The molecule has 0 atom stereocenters. The monoisotopic (exact) mass is 343 g/mol. The van der Waals surface area contributed by atoms with E-state index in [9.17, 15) is 0 Å². The lowest BCUT2D eigenvalue weighted by Gasteiger charge is -2.19. The molecule has 25 heavy (non-hydrogen) atoms. The second-order valence-corrected chi connectivity index (χ2v) is 7.52. The maximum atomic E-state index is 7.26. The first kappa shape index (κ1) is 14.4. The molecule has 120 valence electrons. The zero-order chi connectivity index (χ0) is 17.1. The Morgan fingerprint density at radius 2 is 2.08 bits per heavy atom. The van der Waals surface area contributed by atoms with E-state index in [1.165, 1.54) is 26.7 Å². The molecule has 4 heteroatoms. The minimum atomic E-state index is 0.361. The Labute approximate surface area is 149 Å². The average Bonchev–Trinajstić information content (AvgIpc) is 2.96. The molecule has 0 spiro atoms. The van der Waals surface area contributed by atoms with Crippen LogP contribution in [0.4, 0.5) is 0 Å². The molecule has 0 saturated heterocycles. The smallest absolute Gasteiger partial charge is 0.252 e. The zero-order valence-corrected chi connectivity index (χ0v) is 14.8. The second kappa shape index (κ2) is 5.05. The third-order valence-electron chi connectivity index (χ3n) is 4.94. The van der Waals surface area contributed by atoms with Crippen LogP contribution in [0.15, 0.2) is 42.6 Å². The molecule has 0 aliphatic carbocycles. The number of fused-ring (bicyclic) bond motifs is 3. The van der Waals surface area contributed by atoms with Crippen molar-refractivity contribution in [2.45, 2.75) is 13.5 Å². The van der Waals surface area contributed by atoms with Crippen molar-refractivity contribution in [2.24, 2.45) is 7.05 Å². The quantitative estimate of drug-likeness (QED) is 0.295. The fraction of sp³-hybridized carbons (Fsp3) is 0.143. The molecule has 0 unspecified atom stereocenters. The Bertz CT molecular complexity index is 1230. The van der Waals surface area contributed by atoms with Gasteiger partial charge in [0.25, 0.3) is 6.54 Å². The van der Waals surface area contributed by atoms with E-state index >= 15 is 0 Å². The van der Waals surface area contributed by atoms with Gasteiger partial charge in [0.2, 0.25) is 5.69 Å². The van der Waals surface area contributed by atoms with Gasteiger partial charge in [0.1, 0.15) is 23.1 Å². The number of aryl methyl sites for hydroxylation is 2. The standard InChI is InChI=1S/C21H15N2OS/c1-12-14-7-5-4-6-13(14)10-15-18(12)20-19-16(8-9-23(20)3)25-17(11-22-2)21(19)24-15/h4-10H,11H2,1,3H3/q+1. The van der Waals surface area contributed by atoms with Crippen molar-refractivity contribution in [1.82, 2.24) is 0 Å². The lowest BCUT2D eigenvalue weighted by Crippen LogP contribution is -2.31. The summed E-state index contributed by atoms with van der Waals surface area (Å²) in [5, 5.41) is 3.57. The van der Waals surface area contributed by atoms with Crippen molar-refractivity contribution in [3.8, 4) is 22.8 Å². The topological polar surface area (TPSA) is 17.5 Å². The lowest BCUT2D eigenvalue weighted by molar-refractivity contribution is -0.659. The number of benzene rings is 2. The summed E-state index contributed by atoms with van der Waals surface area (Å²) in [5.41, 5.74) is 3.58. The summed E-state index contributed by atoms with van der Waals surface area (Å²) in [6.45, 7) is 9.79. The summed E-state index contributed by atoms with van der Waals surface area (Å²) in [6.07, 6.45) is 2.10. The number of nitrogens with zero attached hydrogens (tertiary/aromatic N) is 2. The highest BCUT2D eigenvalue weighted by atomic mass is 32.1. The van der Waals surface area contributed by atoms with Gasteiger partial charge in [0.05, 0.1) is 10.3 Å². The Kier molecular flexibility index (Phi) is 2.92. The van der Waals surface area contributed by atoms with Gasteiger partial charge in [0, 0.05) is 6.07 Å². The maximum Gasteiger partial charge on any atom is 0.252 e. The molecular weight excluding hydrogens is 328 g/mol. The molecule has 0 saturated carbocycles. The van der Waals surface area contributed by atoms with E-state index in [2.05, 4.69) is 66.0 Å². The predicted octanol–water partition coefficient (Wildman–Crippen LogP) is 5.38. The van der Waals surface area contributed by atoms with Gasteiger partial charge >= 0.3 is 0 Å². The van der Waals surface area contributed by atoms with E-state index in [4.69, 9.17) is 11.3 Å². The highest BCUT2D eigenvalue weighted by Crippen LogP contribution is 2.52. The van der Waals surface area contributed by atoms with Crippen LogP contribution in [0.25, 0.3) is 37.0 Å². The zero-order valence-electron chi connectivity index (χ0n) is 14.0. The average molecular weight is 343 g/mol. The van der Waals surface area contributed by atoms with E-state index in [1.54, 1.807) is 11.3 Å². The third kappa shape index (κ3) is 1.87. The Hall–Kier alpha value is -2.90. The van der Waals surface area contributed by atoms with Crippen LogP contribution in [0.5, 0.6) is 11.5 Å². The van der Waals surface area contributed by atoms with Crippen LogP contribution in [0, 0.1) is 13.5 Å². The van der Waals surface area contributed by atoms with E-state index < -0.39 is 0 Å². The molecule has 2 aromatic heterocycles. The number of hydrogen-bond donors (Lipinski definition) is 0. The number of rotatable bonds is 1. The molecule has 0 bridgehead atoms. The molecule has 3 nitrogen and oxygen atoms in total. The summed E-state index contributed by atoms with van der Waals surface area (Å²) in [7, 11) is 2.08. The molecule has 2 aromatic carbocycles. The highest BCUT2D eigenvalue weighted by molar-refractivity contribution is 7.19. The van der Waals surface area contributed by atoms with E-state index in [1.807, 2.05) is 0 Å². The highest BCUT2D eigenvalue weighted by Gasteiger charge is 2.33. The van der Waals surface area contributed by atoms with Crippen LogP contribution in [0.1, 0.15) is 10.4 Å². The van der Waals surface area contributed by atoms with Crippen molar-refractivity contribution >= 4 is 32.2 Å². The van der Waals surface area contributed by atoms with Crippen molar-refractivity contribution in [3.05, 3.63) is 64.5 Å². The van der Waals surface area contributed by atoms with E-state index in [-0.39, 0.29) is 0 Å². The maximum absolute atomic E-state index is 7.26. The summed E-state index contributed by atoms with van der Waals surface area (Å²) < 4.78 is 9.72. The van der Waals surface area contributed by atoms with Gasteiger partial charge in [0.15, 0.2) is 11.9 Å². The molecule has 3 heterocycles. The molecule has 0 radical (unpaired) electrons. The molecule has 1 aliphatic heterocycles. The van der Waals surface area contributed by atoms with Crippen LogP contribution < -0.4 is 9.30 Å². The predicted molar refractivity (Wildman–Crippen MR) is 101 cm³/mol. The Morgan fingerprint density at radius 3 is 2.92 bits per heavy atom. The molecular formula is C21H15N2OS+. The SMILES string of the molecule is [C-]#[N+]Cc1sc2cc[n+](C)c3c2c1Oc1cc2ccccc2c(C)c1-3. The minimum Gasteiger partial charge on any atom is -0.454 e. The van der Waals surface area contributed by atoms with Crippen molar-refractivity contribution < 1.29 is 9.30 Å². The van der Waals surface area contributed by atoms with Crippen LogP contribution in [-0.4, -0.2) is 0 Å². The van der Waals surface area contributed by atoms with Crippen molar-refractivity contribution in [3.63, 3.8) is 0 Å². The number of pyridine rings is 1. The summed E-state index contributed by atoms with van der Waals surface area (Å²) >= 11 is 1.66. The van der Waals surface area contributed by atoms with Crippen LogP contribution in [-0.2, 0) is 13.6 Å². The molecule has 0 fully saturated rings. The van der Waals surface area contributed by atoms with E-state index in [0.29, 0.717) is 6.54 Å². The number of aromatic nitrogens is 1. The summed E-state index contributed by atoms with van der Waals surface area (Å²) in [5.74, 6) is 1.75. The summed E-state index contributed by atoms with van der Waals surface area (Å²) in [6, 6.07) is 12.7. The normalized spacial score (nSPS) is 12.0. The molecule has 0 N–H and O–H groups in total. The summed E-state index contributed by atoms with van der Waals surface area (Å²) in [4.78, 5) is 4.59. The van der Waals surface area contributed by atoms with Gasteiger partial charge in [-0.15, -0.1) is 11.3 Å². The first-order chi connectivity index (χ1) is 12.2. The van der Waals surface area contributed by atoms with Crippen LogP contribution in [0.2, 0.25) is 0 Å². The molecule has 0 amide bonds. The lowest BCUT2D eigenvalue weighted by atomic mass is 9.93. The van der Waals surface area contributed by atoms with Gasteiger partial charge in [-0.05, 0) is 29.3 Å². The largest absolute Gasteiger partial charge is 0.454 e. The Balaban J connectivity index is 1.96. The number of ether oxygens (including phenoxy) is 1. The first-order valence-corrected chi connectivity index (χ1v) is 8.98. The number of thiophene rings is 1. The van der Waals surface area contributed by atoms with Crippen molar-refractivity contribution in [1.29, 1.82) is 0 Å². The Morgan fingerprint density at radius 1 is 1.24 bits per heavy atom. The molecule has 5 rings (SSSR count). The third-order valence-corrected chi connectivity index (χ3v) is 6.06. The molecule has 4 aromatic rings. The minimum absolute atomic E-state index is 0.361. The first-order valence-electron chi connectivity index (χ1n) is 8.17. The fourth-order valence-electron chi connectivity index (χ4n) is 3.82. The van der Waals surface area contributed by atoms with E-state index in [0.717, 1.165) is 27.3 Å². The van der Waals surface area contributed by atoms with Gasteiger partial charge in [-0.25, -0.2) is 11.1 Å². The van der Waals surface area contributed by atoms with Gasteiger partial charge < -0.3 is 9.58 Å². The van der Waals surface area contributed by atoms with Crippen molar-refractivity contribution in [2.75, 3.05) is 0 Å².